The van der Waals surface area contributed by atoms with E-state index in [0.717, 1.165) is 24.3 Å². The molecule has 0 N–H and O–H groups in total. The third kappa shape index (κ3) is 2.31. The van der Waals surface area contributed by atoms with E-state index in [9.17, 15) is 0 Å². The first-order chi connectivity index (χ1) is 10.4. The molecular weight excluding hydrogens is 268 g/mol. The van der Waals surface area contributed by atoms with Crippen LogP contribution < -0.4 is 4.90 Å². The van der Waals surface area contributed by atoms with Gasteiger partial charge in [0.15, 0.2) is 0 Å². The average molecular weight is 282 g/mol. The molecule has 1 saturated heterocycles. The normalized spacial score (nSPS) is 15.5. The lowest BCUT2D eigenvalue weighted by molar-refractivity contribution is 0.122. The molecule has 1 aromatic carbocycles. The van der Waals surface area contributed by atoms with Gasteiger partial charge in [0.2, 0.25) is 0 Å². The molecule has 0 atom stereocenters. The number of nitrogens with zero attached hydrogens (tertiary/aromatic N) is 6. The number of imidazole rings is 1. The SMILES string of the molecule is c1ccc(-c2cn3nc(N4CCOCC4)nnc3n2)cc1. The summed E-state index contributed by atoms with van der Waals surface area (Å²) in [5.41, 5.74) is 1.88. The molecule has 0 unspecified atom stereocenters. The number of anilines is 1. The van der Waals surface area contributed by atoms with Gasteiger partial charge < -0.3 is 9.64 Å². The lowest BCUT2D eigenvalue weighted by atomic mass is 10.2. The molecule has 3 heterocycles. The average Bonchev–Trinajstić information content (AvgIpc) is 2.99. The lowest BCUT2D eigenvalue weighted by Gasteiger charge is -2.25. The van der Waals surface area contributed by atoms with Crippen molar-refractivity contribution in [3.8, 4) is 11.3 Å². The molecule has 3 aromatic rings. The van der Waals surface area contributed by atoms with E-state index in [1.54, 1.807) is 4.52 Å². The maximum atomic E-state index is 5.33. The Kier molecular flexibility index (Phi) is 2.97. The van der Waals surface area contributed by atoms with Gasteiger partial charge in [-0.1, -0.05) is 30.3 Å². The first-order valence-electron chi connectivity index (χ1n) is 6.88. The van der Waals surface area contributed by atoms with Crippen LogP contribution in [0.25, 0.3) is 17.0 Å². The van der Waals surface area contributed by atoms with Gasteiger partial charge in [-0.25, -0.2) is 4.98 Å². The number of fused-ring (bicyclic) bond motifs is 1. The van der Waals surface area contributed by atoms with Crippen molar-refractivity contribution in [2.24, 2.45) is 0 Å². The molecule has 0 radical (unpaired) electrons. The van der Waals surface area contributed by atoms with Crippen LogP contribution in [0.4, 0.5) is 5.95 Å². The Morgan fingerprint density at radius 1 is 1.00 bits per heavy atom. The van der Waals surface area contributed by atoms with E-state index in [1.807, 2.05) is 36.5 Å². The van der Waals surface area contributed by atoms with E-state index in [1.165, 1.54) is 0 Å². The third-order valence-electron chi connectivity index (χ3n) is 3.46. The fraction of sp³-hybridized carbons (Fsp3) is 0.286. The monoisotopic (exact) mass is 282 g/mol. The van der Waals surface area contributed by atoms with Gasteiger partial charge in [0, 0.05) is 18.7 Å². The molecule has 21 heavy (non-hydrogen) atoms. The van der Waals surface area contributed by atoms with Crippen LogP contribution in [-0.4, -0.2) is 51.1 Å². The van der Waals surface area contributed by atoms with E-state index >= 15 is 0 Å². The molecule has 0 amide bonds. The molecular formula is C14H14N6O. The number of aromatic nitrogens is 5. The Morgan fingerprint density at radius 3 is 2.62 bits per heavy atom. The Morgan fingerprint density at radius 2 is 1.81 bits per heavy atom. The molecule has 0 saturated carbocycles. The smallest absolute Gasteiger partial charge is 0.270 e. The largest absolute Gasteiger partial charge is 0.378 e. The zero-order chi connectivity index (χ0) is 14.1. The van der Waals surface area contributed by atoms with E-state index in [0.29, 0.717) is 24.9 Å². The van der Waals surface area contributed by atoms with Crippen LogP contribution in [0.1, 0.15) is 0 Å². The van der Waals surface area contributed by atoms with Gasteiger partial charge in [-0.2, -0.15) is 4.52 Å². The summed E-state index contributed by atoms with van der Waals surface area (Å²) in [6.45, 7) is 2.96. The first-order valence-corrected chi connectivity index (χ1v) is 6.88. The van der Waals surface area contributed by atoms with E-state index in [2.05, 4.69) is 25.2 Å². The van der Waals surface area contributed by atoms with Gasteiger partial charge in [0.25, 0.3) is 11.7 Å². The molecule has 2 aromatic heterocycles. The molecule has 0 spiro atoms. The lowest BCUT2D eigenvalue weighted by Crippen LogP contribution is -2.37. The molecule has 0 bridgehead atoms. The van der Waals surface area contributed by atoms with Gasteiger partial charge in [-0.05, 0) is 0 Å². The van der Waals surface area contributed by atoms with Gasteiger partial charge in [0.1, 0.15) is 0 Å². The van der Waals surface area contributed by atoms with Gasteiger partial charge >= 0.3 is 0 Å². The Hall–Kier alpha value is -2.54. The molecule has 1 fully saturated rings. The molecule has 1 aliphatic heterocycles. The fourth-order valence-electron chi connectivity index (χ4n) is 2.35. The Bertz CT molecular complexity index is 751. The number of hydrogen-bond donors (Lipinski definition) is 0. The maximum absolute atomic E-state index is 5.33. The molecule has 7 heteroatoms. The second kappa shape index (κ2) is 5.10. The van der Waals surface area contributed by atoms with Crippen molar-refractivity contribution in [1.29, 1.82) is 0 Å². The summed E-state index contributed by atoms with van der Waals surface area (Å²) in [6.07, 6.45) is 1.88. The van der Waals surface area contributed by atoms with Crippen LogP contribution in [0.2, 0.25) is 0 Å². The Balaban J connectivity index is 1.71. The van der Waals surface area contributed by atoms with Crippen molar-refractivity contribution >= 4 is 11.7 Å². The molecule has 1 aliphatic rings. The minimum absolute atomic E-state index is 0.505. The summed E-state index contributed by atoms with van der Waals surface area (Å²) in [5, 5.41) is 12.8. The summed E-state index contributed by atoms with van der Waals surface area (Å²) in [4.78, 5) is 6.52. The van der Waals surface area contributed by atoms with Gasteiger partial charge in [0.05, 0.1) is 25.1 Å². The fourth-order valence-corrected chi connectivity index (χ4v) is 2.35. The van der Waals surface area contributed by atoms with Gasteiger partial charge in [-0.3, -0.25) is 0 Å². The highest BCUT2D eigenvalue weighted by molar-refractivity contribution is 5.60. The van der Waals surface area contributed by atoms with Gasteiger partial charge in [-0.15, -0.1) is 15.3 Å². The molecule has 4 rings (SSSR count). The third-order valence-corrected chi connectivity index (χ3v) is 3.46. The highest BCUT2D eigenvalue weighted by Crippen LogP contribution is 2.17. The van der Waals surface area contributed by atoms with Crippen molar-refractivity contribution in [3.63, 3.8) is 0 Å². The van der Waals surface area contributed by atoms with Crippen LogP contribution in [-0.2, 0) is 4.74 Å². The minimum atomic E-state index is 0.505. The standard InChI is InChI=1S/C14H14N6O/c1-2-4-11(5-3-1)12-10-20-13(15-12)16-17-14(18-20)19-6-8-21-9-7-19/h1-5,10H,6-9H2. The molecule has 7 nitrogen and oxygen atoms in total. The van der Waals surface area contributed by atoms with Crippen molar-refractivity contribution in [2.45, 2.75) is 0 Å². The summed E-state index contributed by atoms with van der Waals surface area (Å²) >= 11 is 0. The van der Waals surface area contributed by atoms with Crippen LogP contribution in [0.15, 0.2) is 36.5 Å². The van der Waals surface area contributed by atoms with Crippen LogP contribution in [0.3, 0.4) is 0 Å². The summed E-state index contributed by atoms with van der Waals surface area (Å²) in [5.74, 6) is 1.12. The number of rotatable bonds is 2. The molecule has 106 valence electrons. The number of ether oxygens (including phenoxy) is 1. The van der Waals surface area contributed by atoms with E-state index in [4.69, 9.17) is 4.74 Å². The number of benzene rings is 1. The maximum Gasteiger partial charge on any atom is 0.270 e. The van der Waals surface area contributed by atoms with Crippen LogP contribution in [0, 0.1) is 0 Å². The minimum Gasteiger partial charge on any atom is -0.378 e. The highest BCUT2D eigenvalue weighted by atomic mass is 16.5. The molecule has 0 aliphatic carbocycles. The second-order valence-electron chi connectivity index (χ2n) is 4.84. The van der Waals surface area contributed by atoms with Crippen molar-refractivity contribution in [1.82, 2.24) is 24.8 Å². The summed E-state index contributed by atoms with van der Waals surface area (Å²) < 4.78 is 7.01. The van der Waals surface area contributed by atoms with E-state index in [-0.39, 0.29) is 0 Å². The van der Waals surface area contributed by atoms with Crippen LogP contribution in [0.5, 0.6) is 0 Å². The quantitative estimate of drug-likeness (QED) is 0.699. The zero-order valence-corrected chi connectivity index (χ0v) is 11.4. The topological polar surface area (TPSA) is 68.4 Å². The van der Waals surface area contributed by atoms with Crippen LogP contribution >= 0.6 is 0 Å². The Labute approximate surface area is 121 Å². The second-order valence-corrected chi connectivity index (χ2v) is 4.84. The number of hydrogen-bond acceptors (Lipinski definition) is 6. The van der Waals surface area contributed by atoms with Crippen molar-refractivity contribution in [2.75, 3.05) is 31.2 Å². The summed E-state index contributed by atoms with van der Waals surface area (Å²) in [6, 6.07) is 9.97. The van der Waals surface area contributed by atoms with E-state index < -0.39 is 0 Å². The predicted molar refractivity (Wildman–Crippen MR) is 77.0 cm³/mol. The summed E-state index contributed by atoms with van der Waals surface area (Å²) in [7, 11) is 0. The highest BCUT2D eigenvalue weighted by Gasteiger charge is 2.16. The van der Waals surface area contributed by atoms with Crippen molar-refractivity contribution in [3.05, 3.63) is 36.5 Å². The van der Waals surface area contributed by atoms with Crippen molar-refractivity contribution < 1.29 is 4.74 Å². The zero-order valence-electron chi connectivity index (χ0n) is 11.4. The first kappa shape index (κ1) is 12.2. The number of morpholine rings is 1. The predicted octanol–water partition coefficient (Wildman–Crippen LogP) is 1.02.